The number of halogens is 1. The molecule has 2 heterocycles. The molecule has 3 atom stereocenters. The van der Waals surface area contributed by atoms with Crippen LogP contribution in [0.15, 0.2) is 42.6 Å². The average molecular weight is 540 g/mol. The Bertz CT molecular complexity index is 1360. The molecule has 1 aromatic carbocycles. The molecular weight excluding hydrogens is 510 g/mol. The molecule has 3 N–H and O–H groups in total. The van der Waals surface area contributed by atoms with Gasteiger partial charge < -0.3 is 15.2 Å². The maximum Gasteiger partial charge on any atom is 0.413 e. The lowest BCUT2D eigenvalue weighted by Crippen LogP contribution is -2.36. The first-order chi connectivity index (χ1) is 18.2. The van der Waals surface area contributed by atoms with Crippen LogP contribution in [0.1, 0.15) is 50.0 Å². The van der Waals surface area contributed by atoms with Gasteiger partial charge in [0.1, 0.15) is 11.9 Å². The molecule has 1 aliphatic carbocycles. The van der Waals surface area contributed by atoms with E-state index in [9.17, 15) is 19.5 Å². The third kappa shape index (κ3) is 5.96. The molecule has 1 fully saturated rings. The van der Waals surface area contributed by atoms with Crippen LogP contribution in [0.3, 0.4) is 0 Å². The Morgan fingerprint density at radius 3 is 2.50 bits per heavy atom. The van der Waals surface area contributed by atoms with Crippen molar-refractivity contribution in [3.63, 3.8) is 0 Å². The second-order valence-electron chi connectivity index (χ2n) is 9.38. The van der Waals surface area contributed by atoms with Crippen molar-refractivity contribution in [2.24, 2.45) is 18.9 Å². The van der Waals surface area contributed by atoms with E-state index in [0.717, 1.165) is 12.8 Å². The Hall–Kier alpha value is -3.92. The van der Waals surface area contributed by atoms with Crippen LogP contribution >= 0.6 is 11.6 Å². The number of hydrogen-bond acceptors (Lipinski definition) is 6. The number of carboxylic acid groups (broad SMARTS) is 1. The van der Waals surface area contributed by atoms with Gasteiger partial charge in [-0.2, -0.15) is 5.10 Å². The molecule has 4 rings (SSSR count). The van der Waals surface area contributed by atoms with E-state index in [4.69, 9.17) is 16.3 Å². The van der Waals surface area contributed by atoms with Crippen molar-refractivity contribution in [3.05, 3.63) is 58.9 Å². The van der Waals surface area contributed by atoms with Crippen LogP contribution in [0.5, 0.6) is 0 Å². The molecule has 2 amide bonds. The van der Waals surface area contributed by atoms with Gasteiger partial charge >= 0.3 is 12.1 Å². The van der Waals surface area contributed by atoms with Crippen molar-refractivity contribution in [2.45, 2.75) is 45.6 Å². The number of benzene rings is 1. The largest absolute Gasteiger partial charge is 0.481 e. The zero-order valence-electron chi connectivity index (χ0n) is 21.4. The molecule has 0 bridgehead atoms. The first-order valence-corrected chi connectivity index (χ1v) is 12.8. The Balaban J connectivity index is 1.47. The summed E-state index contributed by atoms with van der Waals surface area (Å²) in [6.07, 6.45) is 3.01. The number of rotatable bonds is 7. The van der Waals surface area contributed by atoms with Gasteiger partial charge in [-0.05, 0) is 44.9 Å². The number of carbonyl (C=O) groups is 3. The summed E-state index contributed by atoms with van der Waals surface area (Å²) in [5.74, 6) is -2.12. The van der Waals surface area contributed by atoms with E-state index in [1.54, 1.807) is 57.4 Å². The van der Waals surface area contributed by atoms with Crippen LogP contribution < -0.4 is 10.6 Å². The standard InChI is InChI=1S/C27H30ClN5O5/c1-15-22(31-25(34)18-9-4-5-10-19(18)26(35)36)12-13-23(30-15)20-14-29-33(3)24(20)32-27(37)38-16(2)17-8-6-7-11-21(17)28/h6-8,11-14,16,18-19H,4-5,9-10H2,1-3H3,(H,31,34)(H,32,37)(H,35,36)/t16-,18+,19+/m1/s1. The molecule has 3 aromatic rings. The minimum absolute atomic E-state index is 0.311. The fraction of sp³-hybridized carbons (Fsp3) is 0.370. The molecule has 0 radical (unpaired) electrons. The van der Waals surface area contributed by atoms with Crippen LogP contribution in [-0.2, 0) is 21.4 Å². The van der Waals surface area contributed by atoms with Gasteiger partial charge in [0.25, 0.3) is 0 Å². The minimum atomic E-state index is -0.938. The quantitative estimate of drug-likeness (QED) is 0.356. The lowest BCUT2D eigenvalue weighted by atomic mass is 9.78. The van der Waals surface area contributed by atoms with Gasteiger partial charge in [-0.25, -0.2) is 4.79 Å². The molecule has 200 valence electrons. The molecule has 0 saturated heterocycles. The van der Waals surface area contributed by atoms with E-state index in [2.05, 4.69) is 20.7 Å². The molecule has 2 aromatic heterocycles. The predicted octanol–water partition coefficient (Wildman–Crippen LogP) is 5.58. The lowest BCUT2D eigenvalue weighted by Gasteiger charge is -2.27. The Morgan fingerprint density at radius 1 is 1.11 bits per heavy atom. The summed E-state index contributed by atoms with van der Waals surface area (Å²) >= 11 is 6.21. The maximum atomic E-state index is 12.9. The van der Waals surface area contributed by atoms with Crippen molar-refractivity contribution in [3.8, 4) is 11.3 Å². The van der Waals surface area contributed by atoms with Crippen molar-refractivity contribution in [1.82, 2.24) is 14.8 Å². The molecule has 1 aliphatic rings. The number of anilines is 2. The summed E-state index contributed by atoms with van der Waals surface area (Å²) in [7, 11) is 1.68. The van der Waals surface area contributed by atoms with Gasteiger partial charge in [0, 0.05) is 17.6 Å². The van der Waals surface area contributed by atoms with Crippen LogP contribution in [-0.4, -0.2) is 37.8 Å². The third-order valence-electron chi connectivity index (χ3n) is 6.83. The van der Waals surface area contributed by atoms with E-state index in [0.29, 0.717) is 51.9 Å². The first-order valence-electron chi connectivity index (χ1n) is 12.4. The van der Waals surface area contributed by atoms with Gasteiger partial charge in [-0.3, -0.25) is 24.6 Å². The number of nitrogens with one attached hydrogen (secondary N) is 2. The Labute approximate surface area is 225 Å². The van der Waals surface area contributed by atoms with Crippen LogP contribution in [0.25, 0.3) is 11.3 Å². The normalized spacial score (nSPS) is 17.9. The number of aromatic nitrogens is 3. The van der Waals surface area contributed by atoms with Gasteiger partial charge in [-0.1, -0.05) is 42.6 Å². The van der Waals surface area contributed by atoms with Gasteiger partial charge in [0.2, 0.25) is 5.91 Å². The van der Waals surface area contributed by atoms with Crippen molar-refractivity contribution in [2.75, 3.05) is 10.6 Å². The fourth-order valence-electron chi connectivity index (χ4n) is 4.74. The topological polar surface area (TPSA) is 135 Å². The highest BCUT2D eigenvalue weighted by atomic mass is 35.5. The van der Waals surface area contributed by atoms with Gasteiger partial charge in [0.15, 0.2) is 0 Å². The number of hydrogen-bond donors (Lipinski definition) is 3. The fourth-order valence-corrected chi connectivity index (χ4v) is 5.03. The molecule has 0 spiro atoms. The highest BCUT2D eigenvalue weighted by molar-refractivity contribution is 6.31. The number of pyridine rings is 1. The molecule has 38 heavy (non-hydrogen) atoms. The van der Waals surface area contributed by atoms with Gasteiger partial charge in [-0.15, -0.1) is 0 Å². The highest BCUT2D eigenvalue weighted by Crippen LogP contribution is 2.33. The molecule has 0 aliphatic heterocycles. The molecular formula is C27H30ClN5O5. The van der Waals surface area contributed by atoms with Gasteiger partial charge in [0.05, 0.1) is 40.7 Å². The lowest BCUT2D eigenvalue weighted by molar-refractivity contribution is -0.147. The zero-order chi connectivity index (χ0) is 27.4. The molecule has 11 heteroatoms. The van der Waals surface area contributed by atoms with Crippen LogP contribution in [0.4, 0.5) is 16.3 Å². The van der Waals surface area contributed by atoms with Crippen LogP contribution in [0.2, 0.25) is 5.02 Å². The number of aliphatic carboxylic acids is 1. The van der Waals surface area contributed by atoms with E-state index >= 15 is 0 Å². The van der Waals surface area contributed by atoms with E-state index < -0.39 is 30.0 Å². The second-order valence-corrected chi connectivity index (χ2v) is 9.79. The Morgan fingerprint density at radius 2 is 1.82 bits per heavy atom. The van der Waals surface area contributed by atoms with E-state index in [1.807, 2.05) is 6.07 Å². The minimum Gasteiger partial charge on any atom is -0.481 e. The average Bonchev–Trinajstić information content (AvgIpc) is 3.24. The third-order valence-corrected chi connectivity index (χ3v) is 7.17. The molecule has 1 saturated carbocycles. The number of aryl methyl sites for hydroxylation is 2. The number of carbonyl (C=O) groups excluding carboxylic acids is 2. The van der Waals surface area contributed by atoms with Crippen molar-refractivity contribution in [1.29, 1.82) is 0 Å². The Kier molecular flexibility index (Phi) is 8.31. The summed E-state index contributed by atoms with van der Waals surface area (Å²) in [6, 6.07) is 10.6. The highest BCUT2D eigenvalue weighted by Gasteiger charge is 2.36. The SMILES string of the molecule is Cc1nc(-c2cnn(C)c2NC(=O)O[C@H](C)c2ccccc2Cl)ccc1NC(=O)[C@H]1CCCC[C@@H]1C(=O)O. The number of carboxylic acids is 1. The van der Waals surface area contributed by atoms with Crippen LogP contribution in [0, 0.1) is 18.8 Å². The van der Waals surface area contributed by atoms with E-state index in [1.165, 1.54) is 4.68 Å². The smallest absolute Gasteiger partial charge is 0.413 e. The number of ether oxygens (including phenoxy) is 1. The predicted molar refractivity (Wildman–Crippen MR) is 143 cm³/mol. The number of nitrogens with zero attached hydrogens (tertiary/aromatic N) is 3. The number of amides is 2. The zero-order valence-corrected chi connectivity index (χ0v) is 22.2. The van der Waals surface area contributed by atoms with Crippen molar-refractivity contribution >= 4 is 41.1 Å². The van der Waals surface area contributed by atoms with Crippen molar-refractivity contribution < 1.29 is 24.2 Å². The summed E-state index contributed by atoms with van der Waals surface area (Å²) in [4.78, 5) is 41.8. The summed E-state index contributed by atoms with van der Waals surface area (Å²) < 4.78 is 7.02. The summed E-state index contributed by atoms with van der Waals surface area (Å²) in [6.45, 7) is 3.48. The summed E-state index contributed by atoms with van der Waals surface area (Å²) in [5, 5.41) is 19.8. The first kappa shape index (κ1) is 27.1. The molecule has 0 unspecified atom stereocenters. The second kappa shape index (κ2) is 11.6. The molecule has 10 nitrogen and oxygen atoms in total. The van der Waals surface area contributed by atoms with E-state index in [-0.39, 0.29) is 5.91 Å². The summed E-state index contributed by atoms with van der Waals surface area (Å²) in [5.41, 5.74) is 2.83. The maximum absolute atomic E-state index is 12.9. The monoisotopic (exact) mass is 539 g/mol.